The Balaban J connectivity index is 1.63. The number of thioether (sulfide) groups is 1. The number of H-pyrrole nitrogens is 1. The fourth-order valence-corrected chi connectivity index (χ4v) is 6.30. The van der Waals surface area contributed by atoms with Crippen molar-refractivity contribution in [2.24, 2.45) is 0 Å². The molecule has 5 rings (SSSR count). The van der Waals surface area contributed by atoms with Crippen LogP contribution in [0.15, 0.2) is 41.0 Å². The minimum Gasteiger partial charge on any atom is -0.397 e. The van der Waals surface area contributed by atoms with Crippen molar-refractivity contribution in [2.75, 3.05) is 24.2 Å². The average molecular weight is 470 g/mol. The summed E-state index contributed by atoms with van der Waals surface area (Å²) in [6, 6.07) is 4.79. The zero-order chi connectivity index (χ0) is 22.1. The SMILES string of the molecule is Nc1c(SC2CCC2)sc2nc(-c3cnc(NCCO)[nH+]c3)cc(-c3ncccc3F)c12. The summed E-state index contributed by atoms with van der Waals surface area (Å²) in [6.07, 6.45) is 8.67. The van der Waals surface area contributed by atoms with Crippen molar-refractivity contribution in [3.8, 4) is 22.5 Å². The molecule has 0 radical (unpaired) electrons. The lowest BCUT2D eigenvalue weighted by atomic mass is 10.0. The minimum absolute atomic E-state index is 0.00942. The van der Waals surface area contributed by atoms with Crippen LogP contribution >= 0.6 is 23.1 Å². The van der Waals surface area contributed by atoms with Gasteiger partial charge >= 0.3 is 5.95 Å². The van der Waals surface area contributed by atoms with E-state index in [1.807, 2.05) is 6.07 Å². The van der Waals surface area contributed by atoms with Crippen molar-refractivity contribution in [2.45, 2.75) is 28.7 Å². The molecule has 0 saturated heterocycles. The molecule has 1 aliphatic carbocycles. The summed E-state index contributed by atoms with van der Waals surface area (Å²) in [4.78, 5) is 17.3. The van der Waals surface area contributed by atoms with E-state index < -0.39 is 5.82 Å². The fraction of sp³-hybridized carbons (Fsp3) is 0.273. The number of aliphatic hydroxyl groups excluding tert-OH is 1. The van der Waals surface area contributed by atoms with E-state index in [9.17, 15) is 4.39 Å². The Kier molecular flexibility index (Phi) is 5.90. The first-order valence-electron chi connectivity index (χ1n) is 10.4. The summed E-state index contributed by atoms with van der Waals surface area (Å²) in [7, 11) is 0. The summed E-state index contributed by atoms with van der Waals surface area (Å²) in [5.41, 5.74) is 9.49. The number of nitrogens with zero attached hydrogens (tertiary/aromatic N) is 3. The number of nitrogens with one attached hydrogen (secondary N) is 2. The molecular weight excluding hydrogens is 447 g/mol. The number of nitrogen functional groups attached to an aromatic ring is 1. The molecule has 0 amide bonds. The summed E-state index contributed by atoms with van der Waals surface area (Å²) in [5.74, 6) is 0.136. The van der Waals surface area contributed by atoms with E-state index in [-0.39, 0.29) is 12.3 Å². The number of aromatic amines is 1. The Labute approximate surface area is 192 Å². The first-order chi connectivity index (χ1) is 15.6. The largest absolute Gasteiger partial charge is 0.397 e. The highest BCUT2D eigenvalue weighted by Crippen LogP contribution is 2.48. The van der Waals surface area contributed by atoms with Crippen molar-refractivity contribution in [3.05, 3.63) is 42.6 Å². The maximum atomic E-state index is 14.7. The molecule has 1 aliphatic rings. The van der Waals surface area contributed by atoms with Crippen LogP contribution in [0, 0.1) is 5.82 Å². The van der Waals surface area contributed by atoms with E-state index in [0.717, 1.165) is 20.0 Å². The second-order valence-corrected chi connectivity index (χ2v) is 10.1. The molecule has 0 bridgehead atoms. The topological polar surface area (TPSA) is 111 Å². The van der Waals surface area contributed by atoms with Crippen LogP contribution in [-0.2, 0) is 0 Å². The van der Waals surface area contributed by atoms with E-state index in [0.29, 0.717) is 34.7 Å². The molecule has 0 aromatic carbocycles. The summed E-state index contributed by atoms with van der Waals surface area (Å²) in [6.45, 7) is 0.404. The van der Waals surface area contributed by atoms with Crippen LogP contribution in [0.2, 0.25) is 0 Å². The van der Waals surface area contributed by atoms with Crippen LogP contribution < -0.4 is 16.0 Å². The van der Waals surface area contributed by atoms with Crippen LogP contribution in [0.25, 0.3) is 32.7 Å². The number of aromatic nitrogens is 4. The Hall–Kier alpha value is -2.82. The fourth-order valence-electron chi connectivity index (χ4n) is 3.51. The number of nitrogens with two attached hydrogens (primary N) is 1. The Bertz CT molecular complexity index is 1260. The zero-order valence-electron chi connectivity index (χ0n) is 17.1. The maximum absolute atomic E-state index is 14.7. The molecule has 4 heterocycles. The summed E-state index contributed by atoms with van der Waals surface area (Å²) in [5, 5.41) is 13.3. The van der Waals surface area contributed by atoms with Crippen LogP contribution in [0.5, 0.6) is 0 Å². The van der Waals surface area contributed by atoms with Gasteiger partial charge in [-0.2, -0.15) is 0 Å². The number of fused-ring (bicyclic) bond motifs is 1. The number of halogens is 1. The van der Waals surface area contributed by atoms with Gasteiger partial charge in [-0.15, -0.1) is 23.1 Å². The second kappa shape index (κ2) is 8.97. The standard InChI is InChI=1S/C22H21FN6OS2/c23-15-5-2-6-25-19(15)14-9-16(12-10-27-22(28-11-12)26-7-8-30)29-20-17(14)18(24)21(32-20)31-13-3-1-4-13/h2,5-6,9-11,13,30H,1,3-4,7-8,24H2,(H,26,27,28)/p+1. The van der Waals surface area contributed by atoms with E-state index in [2.05, 4.69) is 20.3 Å². The first kappa shape index (κ1) is 21.0. The van der Waals surface area contributed by atoms with Crippen molar-refractivity contribution in [3.63, 3.8) is 0 Å². The van der Waals surface area contributed by atoms with Gasteiger partial charge in [0.15, 0.2) is 0 Å². The van der Waals surface area contributed by atoms with Crippen molar-refractivity contribution < 1.29 is 14.5 Å². The van der Waals surface area contributed by atoms with Crippen molar-refractivity contribution in [1.82, 2.24) is 15.0 Å². The van der Waals surface area contributed by atoms with Gasteiger partial charge in [0.2, 0.25) is 0 Å². The van der Waals surface area contributed by atoms with Crippen LogP contribution in [-0.4, -0.2) is 38.5 Å². The highest BCUT2D eigenvalue weighted by atomic mass is 32.2. The number of hydrogen-bond donors (Lipinski definition) is 3. The lowest BCUT2D eigenvalue weighted by Crippen LogP contribution is -2.17. The summed E-state index contributed by atoms with van der Waals surface area (Å²) >= 11 is 3.34. The molecule has 7 nitrogen and oxygen atoms in total. The molecule has 10 heteroatoms. The second-order valence-electron chi connectivity index (χ2n) is 7.54. The van der Waals surface area contributed by atoms with Crippen molar-refractivity contribution in [1.29, 1.82) is 0 Å². The average Bonchev–Trinajstić information content (AvgIpc) is 3.10. The molecule has 0 spiro atoms. The number of anilines is 2. The van der Waals surface area contributed by atoms with E-state index in [1.54, 1.807) is 47.8 Å². The third kappa shape index (κ3) is 4.01. The van der Waals surface area contributed by atoms with Gasteiger partial charge in [0.25, 0.3) is 0 Å². The van der Waals surface area contributed by atoms with Gasteiger partial charge in [0.1, 0.15) is 22.5 Å². The lowest BCUT2D eigenvalue weighted by Gasteiger charge is -2.23. The molecular formula is C22H22FN6OS2+. The van der Waals surface area contributed by atoms with Gasteiger partial charge in [-0.3, -0.25) is 10.3 Å². The molecule has 4 aromatic heterocycles. The highest BCUT2D eigenvalue weighted by molar-refractivity contribution is 8.02. The Morgan fingerprint density at radius 2 is 2.22 bits per heavy atom. The molecule has 164 valence electrons. The quantitative estimate of drug-likeness (QED) is 0.375. The highest BCUT2D eigenvalue weighted by Gasteiger charge is 2.25. The monoisotopic (exact) mass is 469 g/mol. The number of thiophene rings is 1. The summed E-state index contributed by atoms with van der Waals surface area (Å²) < 4.78 is 15.8. The third-order valence-corrected chi connectivity index (χ3v) is 8.07. The predicted molar refractivity (Wildman–Crippen MR) is 126 cm³/mol. The number of hydrogen-bond acceptors (Lipinski definition) is 8. The number of aliphatic hydroxyl groups is 1. The van der Waals surface area contributed by atoms with Gasteiger partial charge in [-0.05, 0) is 31.0 Å². The predicted octanol–water partition coefficient (Wildman–Crippen LogP) is 4.00. The lowest BCUT2D eigenvalue weighted by molar-refractivity contribution is -0.364. The van der Waals surface area contributed by atoms with Crippen molar-refractivity contribution >= 4 is 45.0 Å². The molecule has 0 unspecified atom stereocenters. The van der Waals surface area contributed by atoms with Crippen LogP contribution in [0.4, 0.5) is 16.0 Å². The zero-order valence-corrected chi connectivity index (χ0v) is 18.8. The molecule has 0 atom stereocenters. The molecule has 1 fully saturated rings. The third-order valence-electron chi connectivity index (χ3n) is 5.40. The smallest absolute Gasteiger partial charge is 0.389 e. The van der Waals surface area contributed by atoms with Crippen LogP contribution in [0.3, 0.4) is 0 Å². The van der Waals surface area contributed by atoms with Gasteiger partial charge in [0, 0.05) is 22.4 Å². The van der Waals surface area contributed by atoms with E-state index >= 15 is 0 Å². The number of pyridine rings is 2. The van der Waals surface area contributed by atoms with Gasteiger partial charge in [0.05, 0.1) is 40.5 Å². The maximum Gasteiger partial charge on any atom is 0.389 e. The molecule has 5 N–H and O–H groups in total. The Morgan fingerprint density at radius 3 is 2.91 bits per heavy atom. The molecule has 0 aliphatic heterocycles. The van der Waals surface area contributed by atoms with Gasteiger partial charge in [-0.1, -0.05) is 11.4 Å². The normalized spacial score (nSPS) is 13.9. The first-order valence-corrected chi connectivity index (χ1v) is 12.1. The van der Waals surface area contributed by atoms with Gasteiger partial charge in [-0.25, -0.2) is 14.4 Å². The number of rotatable bonds is 7. The molecule has 32 heavy (non-hydrogen) atoms. The minimum atomic E-state index is -0.405. The molecule has 1 saturated carbocycles. The van der Waals surface area contributed by atoms with Crippen LogP contribution in [0.1, 0.15) is 19.3 Å². The van der Waals surface area contributed by atoms with Gasteiger partial charge < -0.3 is 10.8 Å². The molecule has 4 aromatic rings. The Morgan fingerprint density at radius 1 is 1.34 bits per heavy atom. The van der Waals surface area contributed by atoms with E-state index in [1.165, 1.54) is 25.3 Å². The van der Waals surface area contributed by atoms with E-state index in [4.69, 9.17) is 15.8 Å².